The van der Waals surface area contributed by atoms with E-state index < -0.39 is 11.9 Å². The second-order valence-corrected chi connectivity index (χ2v) is 2.02. The number of aromatic amines is 1. The van der Waals surface area contributed by atoms with Crippen molar-refractivity contribution in [2.45, 2.75) is 12.8 Å². The van der Waals surface area contributed by atoms with Gasteiger partial charge in [0.15, 0.2) is 0 Å². The Labute approximate surface area is 57.9 Å². The summed E-state index contributed by atoms with van der Waals surface area (Å²) in [5, 5.41) is 10.2. The Morgan fingerprint density at radius 1 is 1.80 bits per heavy atom. The molecule has 1 aromatic rings. The number of H-pyrrole nitrogens is 1. The fourth-order valence-corrected chi connectivity index (χ4v) is 0.626. The van der Waals surface area contributed by atoms with Crippen LogP contribution >= 0.6 is 0 Å². The van der Waals surface area contributed by atoms with Crippen LogP contribution in [0.3, 0.4) is 0 Å². The number of rotatable bonds is 2. The Bertz CT molecular complexity index is 218. The van der Waals surface area contributed by atoms with Crippen LogP contribution in [0.15, 0.2) is 12.4 Å². The minimum absolute atomic E-state index is 0.431. The van der Waals surface area contributed by atoms with Crippen LogP contribution < -0.4 is 0 Å². The molecule has 0 fully saturated rings. The Morgan fingerprint density at radius 2 is 2.50 bits per heavy atom. The molecule has 0 saturated heterocycles. The van der Waals surface area contributed by atoms with E-state index in [9.17, 15) is 9.90 Å². The molecule has 0 aliphatic carbocycles. The molecule has 1 rings (SSSR count). The molecule has 0 aromatic carbocycles. The number of nitrogens with one attached hydrogen (secondary N) is 1. The monoisotopic (exact) mass is 139 g/mol. The quantitative estimate of drug-likeness (QED) is 0.647. The summed E-state index contributed by atoms with van der Waals surface area (Å²) in [6.45, 7) is 1.52. The van der Waals surface area contributed by atoms with Gasteiger partial charge in [-0.1, -0.05) is 0 Å². The van der Waals surface area contributed by atoms with Crippen LogP contribution in [0.25, 0.3) is 0 Å². The molecule has 4 nitrogen and oxygen atoms in total. The van der Waals surface area contributed by atoms with Crippen molar-refractivity contribution in [1.29, 1.82) is 0 Å². The highest BCUT2D eigenvalue weighted by atomic mass is 16.4. The Kier molecular flexibility index (Phi) is 1.71. The molecule has 0 amide bonds. The largest absolute Gasteiger partial charge is 0.365 e. The first-order valence-electron chi connectivity index (χ1n) is 2.92. The van der Waals surface area contributed by atoms with Gasteiger partial charge in [0.05, 0.1) is 0 Å². The number of carbonyl (C=O) groups excluding carboxylic acids is 1. The molecule has 0 saturated carbocycles. The van der Waals surface area contributed by atoms with Gasteiger partial charge in [0.1, 0.15) is 11.7 Å². The Hall–Kier alpha value is -1.32. The second-order valence-electron chi connectivity index (χ2n) is 2.02. The van der Waals surface area contributed by atoms with Gasteiger partial charge in [0.25, 0.3) is 0 Å². The van der Waals surface area contributed by atoms with Crippen molar-refractivity contribution in [3.8, 4) is 0 Å². The second kappa shape index (κ2) is 2.51. The van der Waals surface area contributed by atoms with Gasteiger partial charge in [-0.05, 0) is 6.92 Å². The van der Waals surface area contributed by atoms with E-state index in [0.29, 0.717) is 5.82 Å². The van der Waals surface area contributed by atoms with Gasteiger partial charge in [-0.15, -0.1) is 0 Å². The minimum Gasteiger partial charge on any atom is -0.348 e. The Morgan fingerprint density at radius 3 is 2.90 bits per heavy atom. The molecule has 1 radical (unpaired) electrons. The van der Waals surface area contributed by atoms with Crippen molar-refractivity contribution < 1.29 is 9.90 Å². The van der Waals surface area contributed by atoms with Crippen LogP contribution in [0.1, 0.15) is 18.7 Å². The average Bonchev–Trinajstić information content (AvgIpc) is 2.36. The van der Waals surface area contributed by atoms with Gasteiger partial charge in [-0.2, -0.15) is 0 Å². The van der Waals surface area contributed by atoms with Crippen molar-refractivity contribution >= 4 is 5.97 Å². The molecule has 0 spiro atoms. The molecular weight excluding hydrogens is 132 g/mol. The maximum Gasteiger partial charge on any atom is 0.365 e. The fraction of sp³-hybridized carbons (Fsp3) is 0.333. The minimum atomic E-state index is -1.12. The summed E-state index contributed by atoms with van der Waals surface area (Å²) in [6.07, 6.45) is 3.09. The van der Waals surface area contributed by atoms with Gasteiger partial charge in [-0.25, -0.2) is 14.9 Å². The first kappa shape index (κ1) is 6.80. The van der Waals surface area contributed by atoms with Crippen molar-refractivity contribution in [3.63, 3.8) is 0 Å². The highest BCUT2D eigenvalue weighted by molar-refractivity contribution is 5.73. The predicted molar refractivity (Wildman–Crippen MR) is 32.7 cm³/mol. The first-order valence-corrected chi connectivity index (χ1v) is 2.92. The lowest BCUT2D eigenvalue weighted by atomic mass is 10.2. The van der Waals surface area contributed by atoms with E-state index in [-0.39, 0.29) is 0 Å². The molecule has 53 valence electrons. The van der Waals surface area contributed by atoms with Crippen LogP contribution in [0.2, 0.25) is 0 Å². The zero-order chi connectivity index (χ0) is 7.56. The van der Waals surface area contributed by atoms with Gasteiger partial charge in [0, 0.05) is 12.4 Å². The van der Waals surface area contributed by atoms with E-state index in [2.05, 4.69) is 9.97 Å². The van der Waals surface area contributed by atoms with E-state index >= 15 is 0 Å². The summed E-state index contributed by atoms with van der Waals surface area (Å²) in [6, 6.07) is 0. The van der Waals surface area contributed by atoms with Crippen molar-refractivity contribution in [3.05, 3.63) is 18.2 Å². The lowest BCUT2D eigenvalue weighted by Crippen LogP contribution is -2.07. The third kappa shape index (κ3) is 1.15. The van der Waals surface area contributed by atoms with Crippen molar-refractivity contribution in [2.24, 2.45) is 0 Å². The van der Waals surface area contributed by atoms with Crippen molar-refractivity contribution in [1.82, 2.24) is 9.97 Å². The number of carbonyl (C=O) groups is 1. The Balaban J connectivity index is 2.77. The molecule has 0 aliphatic rings. The van der Waals surface area contributed by atoms with E-state index in [1.54, 1.807) is 6.20 Å². The molecule has 1 N–H and O–H groups in total. The lowest BCUT2D eigenvalue weighted by molar-refractivity contribution is -0.144. The SMILES string of the molecule is CC(C([O])=O)c1ncc[nH]1. The van der Waals surface area contributed by atoms with Gasteiger partial charge in [0.2, 0.25) is 0 Å². The molecule has 10 heavy (non-hydrogen) atoms. The van der Waals surface area contributed by atoms with E-state index in [0.717, 1.165) is 0 Å². The van der Waals surface area contributed by atoms with E-state index in [1.807, 2.05) is 0 Å². The molecular formula is C6H7N2O2. The zero-order valence-corrected chi connectivity index (χ0v) is 5.50. The predicted octanol–water partition coefficient (Wildman–Crippen LogP) is 0.470. The van der Waals surface area contributed by atoms with Crippen LogP contribution in [-0.2, 0) is 9.90 Å². The van der Waals surface area contributed by atoms with E-state index in [4.69, 9.17) is 0 Å². The van der Waals surface area contributed by atoms with Crippen LogP contribution in [0.5, 0.6) is 0 Å². The molecule has 0 bridgehead atoms. The number of nitrogens with zero attached hydrogens (tertiary/aromatic N) is 1. The topological polar surface area (TPSA) is 65.7 Å². The number of imidazole rings is 1. The molecule has 1 atom stereocenters. The van der Waals surface area contributed by atoms with Gasteiger partial charge < -0.3 is 4.98 Å². The maximum absolute atomic E-state index is 10.2. The highest BCUT2D eigenvalue weighted by Crippen LogP contribution is 2.08. The lowest BCUT2D eigenvalue weighted by Gasteiger charge is -1.96. The average molecular weight is 139 g/mol. The third-order valence-electron chi connectivity index (χ3n) is 1.28. The molecule has 1 aromatic heterocycles. The summed E-state index contributed by atoms with van der Waals surface area (Å²) in [5.74, 6) is -1.34. The molecule has 1 unspecified atom stereocenters. The molecule has 4 heteroatoms. The summed E-state index contributed by atoms with van der Waals surface area (Å²) < 4.78 is 0. The summed E-state index contributed by atoms with van der Waals surface area (Å²) in [5.41, 5.74) is 0. The van der Waals surface area contributed by atoms with Crippen LogP contribution in [-0.4, -0.2) is 15.9 Å². The highest BCUT2D eigenvalue weighted by Gasteiger charge is 2.16. The van der Waals surface area contributed by atoms with Crippen LogP contribution in [0.4, 0.5) is 0 Å². The third-order valence-corrected chi connectivity index (χ3v) is 1.28. The number of hydrogen-bond donors (Lipinski definition) is 1. The fourth-order valence-electron chi connectivity index (χ4n) is 0.626. The summed E-state index contributed by atoms with van der Waals surface area (Å²) in [4.78, 5) is 16.7. The van der Waals surface area contributed by atoms with Crippen molar-refractivity contribution in [2.75, 3.05) is 0 Å². The van der Waals surface area contributed by atoms with Crippen LogP contribution in [0, 0.1) is 0 Å². The molecule has 1 heterocycles. The normalized spacial score (nSPS) is 12.9. The van der Waals surface area contributed by atoms with E-state index in [1.165, 1.54) is 13.1 Å². The zero-order valence-electron chi connectivity index (χ0n) is 5.50. The summed E-state index contributed by atoms with van der Waals surface area (Å²) >= 11 is 0. The molecule has 0 aliphatic heterocycles. The van der Waals surface area contributed by atoms with Gasteiger partial charge in [-0.3, -0.25) is 0 Å². The summed E-state index contributed by atoms with van der Waals surface area (Å²) in [7, 11) is 0. The smallest absolute Gasteiger partial charge is 0.348 e. The first-order chi connectivity index (χ1) is 4.72. The number of hydrogen-bond acceptors (Lipinski definition) is 2. The van der Waals surface area contributed by atoms with Gasteiger partial charge >= 0.3 is 5.97 Å². The standard InChI is InChI=1S/C6H7N2O2/c1-4(6(9)10)5-7-2-3-8-5/h2-4H,1H3,(H,7,8). The number of aromatic nitrogens is 2. The maximum atomic E-state index is 10.2.